The van der Waals surface area contributed by atoms with Crippen LogP contribution in [0.4, 0.5) is 5.69 Å². The maximum absolute atomic E-state index is 13.1. The van der Waals surface area contributed by atoms with Crippen LogP contribution in [-0.4, -0.2) is 10.9 Å². The van der Waals surface area contributed by atoms with Gasteiger partial charge in [-0.1, -0.05) is 71.7 Å². The Morgan fingerprint density at radius 2 is 1.42 bits per heavy atom. The Kier molecular flexibility index (Phi) is 5.14. The van der Waals surface area contributed by atoms with Gasteiger partial charge in [-0.2, -0.15) is 0 Å². The highest BCUT2D eigenvalue weighted by atomic mass is 35.5. The minimum absolute atomic E-state index is 0.237. The lowest BCUT2D eigenvalue weighted by Crippen LogP contribution is -2.31. The van der Waals surface area contributed by atoms with E-state index in [0.29, 0.717) is 6.54 Å². The van der Waals surface area contributed by atoms with Crippen molar-refractivity contribution in [2.45, 2.75) is 6.54 Å². The van der Waals surface area contributed by atoms with Gasteiger partial charge in [0.15, 0.2) is 0 Å². The number of halogens is 2. The van der Waals surface area contributed by atoms with Crippen LogP contribution in [0.25, 0.3) is 0 Å². The molecule has 0 aliphatic rings. The van der Waals surface area contributed by atoms with Crippen LogP contribution in [0.1, 0.15) is 15.9 Å². The van der Waals surface area contributed by atoms with Gasteiger partial charge in [0.25, 0.3) is 5.91 Å². The zero-order chi connectivity index (χ0) is 16.9. The molecule has 0 bridgehead atoms. The van der Waals surface area contributed by atoms with Crippen molar-refractivity contribution in [1.82, 2.24) is 4.98 Å². The van der Waals surface area contributed by atoms with Gasteiger partial charge in [0.05, 0.1) is 22.2 Å². The Morgan fingerprint density at radius 1 is 0.875 bits per heavy atom. The van der Waals surface area contributed by atoms with Gasteiger partial charge in [0.1, 0.15) is 0 Å². The molecule has 0 N–H and O–H groups in total. The normalized spacial score (nSPS) is 10.4. The molecule has 3 rings (SSSR count). The number of nitrogens with zero attached hydrogens (tertiary/aromatic N) is 2. The summed E-state index contributed by atoms with van der Waals surface area (Å²) in [6.45, 7) is 0.415. The number of pyridine rings is 1. The van der Waals surface area contributed by atoms with Crippen LogP contribution < -0.4 is 4.90 Å². The average molecular weight is 357 g/mol. The molecule has 0 aliphatic heterocycles. The molecule has 3 aromatic rings. The third-order valence-electron chi connectivity index (χ3n) is 3.56. The molecule has 24 heavy (non-hydrogen) atoms. The first-order chi connectivity index (χ1) is 11.7. The number of rotatable bonds is 4. The smallest absolute Gasteiger partial charge is 0.261 e. The van der Waals surface area contributed by atoms with Gasteiger partial charge in [-0.05, 0) is 17.7 Å². The zero-order valence-corrected chi connectivity index (χ0v) is 14.2. The summed E-state index contributed by atoms with van der Waals surface area (Å²) in [5, 5.41) is 0.475. The molecule has 0 saturated carbocycles. The molecule has 0 unspecified atom stereocenters. The Labute approximate surface area is 150 Å². The van der Waals surface area contributed by atoms with Crippen LogP contribution in [0.5, 0.6) is 0 Å². The van der Waals surface area contributed by atoms with Gasteiger partial charge >= 0.3 is 0 Å². The second-order valence-corrected chi connectivity index (χ2v) is 6.00. The predicted octanol–water partition coefficient (Wildman–Crippen LogP) is 5.24. The SMILES string of the molecule is O=C(c1c(Cl)cncc1Cl)N(Cc1ccccc1)c1ccccc1. The van der Waals surface area contributed by atoms with Crippen LogP contribution in [0.3, 0.4) is 0 Å². The molecule has 1 amide bonds. The summed E-state index contributed by atoms with van der Waals surface area (Å²) in [6.07, 6.45) is 2.85. The van der Waals surface area contributed by atoms with E-state index in [0.717, 1.165) is 11.3 Å². The van der Waals surface area contributed by atoms with E-state index in [9.17, 15) is 4.79 Å². The van der Waals surface area contributed by atoms with Crippen molar-refractivity contribution in [2.24, 2.45) is 0 Å². The number of hydrogen-bond acceptors (Lipinski definition) is 2. The van der Waals surface area contributed by atoms with Crippen molar-refractivity contribution in [3.63, 3.8) is 0 Å². The molecule has 0 spiro atoms. The van der Waals surface area contributed by atoms with Crippen molar-refractivity contribution >= 4 is 34.8 Å². The van der Waals surface area contributed by atoms with Gasteiger partial charge in [0, 0.05) is 18.1 Å². The van der Waals surface area contributed by atoms with Crippen molar-refractivity contribution in [1.29, 1.82) is 0 Å². The number of amides is 1. The summed E-state index contributed by atoms with van der Waals surface area (Å²) in [7, 11) is 0. The first-order valence-electron chi connectivity index (χ1n) is 7.36. The second-order valence-electron chi connectivity index (χ2n) is 5.19. The Morgan fingerprint density at radius 3 is 2.00 bits per heavy atom. The molecule has 0 saturated heterocycles. The van der Waals surface area contributed by atoms with Crippen molar-refractivity contribution in [3.8, 4) is 0 Å². The number of carbonyl (C=O) groups is 1. The summed E-state index contributed by atoms with van der Waals surface area (Å²) in [5.41, 5.74) is 2.04. The highest BCUT2D eigenvalue weighted by Crippen LogP contribution is 2.28. The lowest BCUT2D eigenvalue weighted by Gasteiger charge is -2.24. The molecule has 5 heteroatoms. The predicted molar refractivity (Wildman–Crippen MR) is 97.7 cm³/mol. The van der Waals surface area contributed by atoms with Crippen LogP contribution in [0.2, 0.25) is 10.0 Å². The molecule has 0 atom stereocenters. The number of benzene rings is 2. The Bertz CT molecular complexity index is 818. The highest BCUT2D eigenvalue weighted by Gasteiger charge is 2.23. The summed E-state index contributed by atoms with van der Waals surface area (Å²) >= 11 is 12.3. The average Bonchev–Trinajstić information content (AvgIpc) is 2.61. The first-order valence-corrected chi connectivity index (χ1v) is 8.12. The van der Waals surface area contributed by atoms with Crippen molar-refractivity contribution in [2.75, 3.05) is 4.90 Å². The van der Waals surface area contributed by atoms with E-state index in [1.807, 2.05) is 60.7 Å². The van der Waals surface area contributed by atoms with Crippen molar-refractivity contribution < 1.29 is 4.79 Å². The fourth-order valence-corrected chi connectivity index (χ4v) is 2.93. The maximum atomic E-state index is 13.1. The number of carbonyl (C=O) groups excluding carboxylic acids is 1. The van der Waals surface area contributed by atoms with Gasteiger partial charge in [-0.25, -0.2) is 0 Å². The standard InChI is InChI=1S/C19H14Cl2N2O/c20-16-11-22-12-17(21)18(16)19(24)23(15-9-5-2-6-10-15)13-14-7-3-1-4-8-14/h1-12H,13H2. The quantitative estimate of drug-likeness (QED) is 0.640. The summed E-state index contributed by atoms with van der Waals surface area (Å²) in [4.78, 5) is 18.7. The van der Waals surface area contributed by atoms with Crippen LogP contribution in [-0.2, 0) is 6.54 Å². The van der Waals surface area contributed by atoms with E-state index >= 15 is 0 Å². The number of aromatic nitrogens is 1. The molecular formula is C19H14Cl2N2O. The Balaban J connectivity index is 2.03. The minimum atomic E-state index is -0.262. The number of para-hydroxylation sites is 1. The molecule has 2 aromatic carbocycles. The largest absolute Gasteiger partial charge is 0.304 e. The topological polar surface area (TPSA) is 33.2 Å². The molecule has 120 valence electrons. The number of anilines is 1. The summed E-state index contributed by atoms with van der Waals surface area (Å²) < 4.78 is 0. The van der Waals surface area contributed by atoms with E-state index in [-0.39, 0.29) is 21.5 Å². The van der Waals surface area contributed by atoms with Crippen LogP contribution in [0.15, 0.2) is 73.1 Å². The van der Waals surface area contributed by atoms with Crippen LogP contribution in [0, 0.1) is 0 Å². The van der Waals surface area contributed by atoms with Crippen LogP contribution >= 0.6 is 23.2 Å². The zero-order valence-electron chi connectivity index (χ0n) is 12.7. The van der Waals surface area contributed by atoms with E-state index in [2.05, 4.69) is 4.98 Å². The van der Waals surface area contributed by atoms with Gasteiger partial charge in [0.2, 0.25) is 0 Å². The van der Waals surface area contributed by atoms with E-state index in [1.165, 1.54) is 12.4 Å². The monoisotopic (exact) mass is 356 g/mol. The maximum Gasteiger partial charge on any atom is 0.261 e. The third kappa shape index (κ3) is 3.58. The van der Waals surface area contributed by atoms with E-state index in [1.54, 1.807) is 4.90 Å². The summed E-state index contributed by atoms with van der Waals surface area (Å²) in [5.74, 6) is -0.262. The fraction of sp³-hybridized carbons (Fsp3) is 0.0526. The van der Waals surface area contributed by atoms with E-state index in [4.69, 9.17) is 23.2 Å². The lowest BCUT2D eigenvalue weighted by molar-refractivity contribution is 0.0985. The first kappa shape index (κ1) is 16.5. The fourth-order valence-electron chi connectivity index (χ4n) is 2.40. The van der Waals surface area contributed by atoms with Gasteiger partial charge < -0.3 is 4.90 Å². The highest BCUT2D eigenvalue weighted by molar-refractivity contribution is 6.40. The molecular weight excluding hydrogens is 343 g/mol. The van der Waals surface area contributed by atoms with E-state index < -0.39 is 0 Å². The second kappa shape index (κ2) is 7.47. The minimum Gasteiger partial charge on any atom is -0.304 e. The molecule has 1 heterocycles. The molecule has 0 fully saturated rings. The Hall–Kier alpha value is -2.36. The molecule has 1 aromatic heterocycles. The summed E-state index contributed by atoms with van der Waals surface area (Å²) in [6, 6.07) is 19.2. The third-order valence-corrected chi connectivity index (χ3v) is 4.14. The molecule has 3 nitrogen and oxygen atoms in total. The van der Waals surface area contributed by atoms with Gasteiger partial charge in [-0.3, -0.25) is 9.78 Å². The number of hydrogen-bond donors (Lipinski definition) is 0. The lowest BCUT2D eigenvalue weighted by atomic mass is 10.1. The molecule has 0 radical (unpaired) electrons. The molecule has 0 aliphatic carbocycles. The van der Waals surface area contributed by atoms with Gasteiger partial charge in [-0.15, -0.1) is 0 Å². The van der Waals surface area contributed by atoms with Crippen molar-refractivity contribution in [3.05, 3.63) is 94.2 Å².